The van der Waals surface area contributed by atoms with Crippen molar-refractivity contribution in [2.24, 2.45) is 0 Å². The molecule has 0 bridgehead atoms. The van der Waals surface area contributed by atoms with Gasteiger partial charge in [0.05, 0.1) is 12.7 Å². The first-order chi connectivity index (χ1) is 11.3. The van der Waals surface area contributed by atoms with Gasteiger partial charge in [0.25, 0.3) is 5.78 Å². The van der Waals surface area contributed by atoms with Gasteiger partial charge in [-0.05, 0) is 23.8 Å². The van der Waals surface area contributed by atoms with Crippen molar-refractivity contribution in [1.82, 2.24) is 0 Å². The number of Topliss-reactive ketones (excluding diaryl/α,β-unsaturated/α-hetero) is 2. The molecule has 24 heavy (non-hydrogen) atoms. The largest absolute Gasteiger partial charge is 0.497 e. The minimum Gasteiger partial charge on any atom is -0.497 e. The molecule has 6 heteroatoms. The van der Waals surface area contributed by atoms with Crippen LogP contribution in [0.2, 0.25) is 0 Å². The number of ketones is 2. The second-order valence-electron chi connectivity index (χ2n) is 4.85. The van der Waals surface area contributed by atoms with Gasteiger partial charge in [-0.15, -0.1) is 0 Å². The van der Waals surface area contributed by atoms with Crippen molar-refractivity contribution in [2.45, 2.75) is 6.18 Å². The van der Waals surface area contributed by atoms with Gasteiger partial charge in [0.15, 0.2) is 5.78 Å². The summed E-state index contributed by atoms with van der Waals surface area (Å²) in [6.07, 6.45) is -4.20. The van der Waals surface area contributed by atoms with Gasteiger partial charge in [-0.1, -0.05) is 42.5 Å². The van der Waals surface area contributed by atoms with Gasteiger partial charge in [-0.2, -0.15) is 13.2 Å². The Hall–Kier alpha value is -2.89. The SMILES string of the molecule is COc1ccc(/C=C(/C(=O)c2ccccc2)C(=O)C(F)(F)F)cc1. The van der Waals surface area contributed by atoms with E-state index in [9.17, 15) is 22.8 Å². The maximum absolute atomic E-state index is 12.8. The number of hydrogen-bond acceptors (Lipinski definition) is 3. The maximum Gasteiger partial charge on any atom is 0.455 e. The van der Waals surface area contributed by atoms with Crippen LogP contribution in [0, 0.1) is 0 Å². The summed E-state index contributed by atoms with van der Waals surface area (Å²) >= 11 is 0. The number of halogens is 3. The molecular weight excluding hydrogens is 321 g/mol. The van der Waals surface area contributed by atoms with Crippen LogP contribution in [-0.4, -0.2) is 24.9 Å². The number of carbonyl (C=O) groups excluding carboxylic acids is 2. The van der Waals surface area contributed by atoms with Gasteiger partial charge in [-0.3, -0.25) is 9.59 Å². The number of benzene rings is 2. The first-order valence-electron chi connectivity index (χ1n) is 6.90. The summed E-state index contributed by atoms with van der Waals surface area (Å²) in [6.45, 7) is 0. The second kappa shape index (κ2) is 7.12. The molecule has 0 fully saturated rings. The average Bonchev–Trinajstić information content (AvgIpc) is 2.59. The van der Waals surface area contributed by atoms with Crippen molar-refractivity contribution < 1.29 is 27.5 Å². The van der Waals surface area contributed by atoms with Crippen LogP contribution in [0.25, 0.3) is 6.08 Å². The summed E-state index contributed by atoms with van der Waals surface area (Å²) < 4.78 is 43.5. The molecule has 0 amide bonds. The van der Waals surface area contributed by atoms with Crippen molar-refractivity contribution in [1.29, 1.82) is 0 Å². The maximum atomic E-state index is 12.8. The van der Waals surface area contributed by atoms with Crippen LogP contribution in [0.4, 0.5) is 13.2 Å². The lowest BCUT2D eigenvalue weighted by atomic mass is 9.97. The standard InChI is InChI=1S/C18H13F3O3/c1-24-14-9-7-12(8-10-14)11-15(17(23)18(19,20)21)16(22)13-5-3-2-4-6-13/h2-11H,1H3/b15-11-. The summed E-state index contributed by atoms with van der Waals surface area (Å²) in [7, 11) is 1.45. The van der Waals surface area contributed by atoms with Gasteiger partial charge >= 0.3 is 6.18 Å². The van der Waals surface area contributed by atoms with E-state index in [0.29, 0.717) is 5.75 Å². The number of carbonyl (C=O) groups is 2. The second-order valence-corrected chi connectivity index (χ2v) is 4.85. The predicted octanol–water partition coefficient (Wildman–Crippen LogP) is 4.09. The summed E-state index contributed by atoms with van der Waals surface area (Å²) in [5, 5.41) is 0. The Morgan fingerprint density at radius 2 is 1.54 bits per heavy atom. The molecule has 0 saturated carbocycles. The minimum atomic E-state index is -5.14. The topological polar surface area (TPSA) is 43.4 Å². The number of hydrogen-bond donors (Lipinski definition) is 0. The summed E-state index contributed by atoms with van der Waals surface area (Å²) in [4.78, 5) is 24.0. The molecule has 0 aliphatic carbocycles. The molecule has 0 aliphatic heterocycles. The molecule has 0 unspecified atom stereocenters. The highest BCUT2D eigenvalue weighted by molar-refractivity contribution is 6.30. The molecule has 0 heterocycles. The third-order valence-electron chi connectivity index (χ3n) is 3.21. The number of alkyl halides is 3. The van der Waals surface area contributed by atoms with E-state index in [-0.39, 0.29) is 11.1 Å². The summed E-state index contributed by atoms with van der Waals surface area (Å²) in [5.74, 6) is -2.65. The van der Waals surface area contributed by atoms with Crippen molar-refractivity contribution in [2.75, 3.05) is 7.11 Å². The third kappa shape index (κ3) is 4.10. The number of methoxy groups -OCH3 is 1. The molecule has 2 aromatic carbocycles. The van der Waals surface area contributed by atoms with E-state index in [4.69, 9.17) is 4.74 Å². The van der Waals surface area contributed by atoms with Crippen LogP contribution in [-0.2, 0) is 4.79 Å². The number of ether oxygens (including phenoxy) is 1. The molecule has 0 saturated heterocycles. The highest BCUT2D eigenvalue weighted by Crippen LogP contribution is 2.25. The molecule has 0 aliphatic rings. The van der Waals surface area contributed by atoms with E-state index in [0.717, 1.165) is 6.08 Å². The van der Waals surface area contributed by atoms with Crippen molar-refractivity contribution in [3.05, 3.63) is 71.3 Å². The van der Waals surface area contributed by atoms with Gasteiger partial charge < -0.3 is 4.74 Å². The van der Waals surface area contributed by atoms with Crippen LogP contribution >= 0.6 is 0 Å². The van der Waals surface area contributed by atoms with E-state index >= 15 is 0 Å². The molecule has 0 radical (unpaired) electrons. The molecule has 0 aromatic heterocycles. The molecule has 2 aromatic rings. The fourth-order valence-corrected chi connectivity index (χ4v) is 2.00. The molecule has 0 N–H and O–H groups in total. The average molecular weight is 334 g/mol. The van der Waals surface area contributed by atoms with Crippen molar-refractivity contribution in [3.8, 4) is 5.75 Å². The van der Waals surface area contributed by atoms with Crippen LogP contribution in [0.5, 0.6) is 5.75 Å². The molecule has 0 spiro atoms. The molecular formula is C18H13F3O3. The zero-order valence-electron chi connectivity index (χ0n) is 12.6. The Kier molecular flexibility index (Phi) is 5.18. The van der Waals surface area contributed by atoms with Gasteiger partial charge in [0.2, 0.25) is 0 Å². The Morgan fingerprint density at radius 3 is 2.04 bits per heavy atom. The Balaban J connectivity index is 2.48. The first kappa shape index (κ1) is 17.5. The van der Waals surface area contributed by atoms with E-state index < -0.39 is 23.3 Å². The van der Waals surface area contributed by atoms with Crippen LogP contribution in [0.3, 0.4) is 0 Å². The highest BCUT2D eigenvalue weighted by Gasteiger charge is 2.42. The highest BCUT2D eigenvalue weighted by atomic mass is 19.4. The third-order valence-corrected chi connectivity index (χ3v) is 3.21. The van der Waals surface area contributed by atoms with Crippen molar-refractivity contribution >= 4 is 17.6 Å². The lowest BCUT2D eigenvalue weighted by Crippen LogP contribution is -2.28. The zero-order chi connectivity index (χ0) is 17.7. The van der Waals surface area contributed by atoms with Crippen LogP contribution in [0.1, 0.15) is 15.9 Å². The Bertz CT molecular complexity index is 760. The molecule has 3 nitrogen and oxygen atoms in total. The quantitative estimate of drug-likeness (QED) is 0.358. The van der Waals surface area contributed by atoms with E-state index in [1.165, 1.54) is 55.6 Å². The number of rotatable bonds is 5. The Morgan fingerprint density at radius 1 is 0.958 bits per heavy atom. The first-order valence-corrected chi connectivity index (χ1v) is 6.90. The van der Waals surface area contributed by atoms with Crippen molar-refractivity contribution in [3.63, 3.8) is 0 Å². The molecule has 2 rings (SSSR count). The van der Waals surface area contributed by atoms with Gasteiger partial charge in [0, 0.05) is 5.56 Å². The fraction of sp³-hybridized carbons (Fsp3) is 0.111. The lowest BCUT2D eigenvalue weighted by Gasteiger charge is -2.09. The van der Waals surface area contributed by atoms with Crippen LogP contribution in [0.15, 0.2) is 60.2 Å². The smallest absolute Gasteiger partial charge is 0.455 e. The van der Waals surface area contributed by atoms with E-state index in [1.807, 2.05) is 0 Å². The van der Waals surface area contributed by atoms with E-state index in [2.05, 4.69) is 0 Å². The van der Waals surface area contributed by atoms with E-state index in [1.54, 1.807) is 6.07 Å². The lowest BCUT2D eigenvalue weighted by molar-refractivity contribution is -0.166. The Labute approximate surface area is 136 Å². The van der Waals surface area contributed by atoms with Gasteiger partial charge in [-0.25, -0.2) is 0 Å². The summed E-state index contributed by atoms with van der Waals surface area (Å²) in [5.41, 5.74) is -0.638. The normalized spacial score (nSPS) is 11.9. The zero-order valence-corrected chi connectivity index (χ0v) is 12.6. The van der Waals surface area contributed by atoms with Gasteiger partial charge in [0.1, 0.15) is 5.75 Å². The monoisotopic (exact) mass is 334 g/mol. The predicted molar refractivity (Wildman–Crippen MR) is 82.8 cm³/mol. The molecule has 124 valence electrons. The number of allylic oxidation sites excluding steroid dienone is 1. The minimum absolute atomic E-state index is 0.00913. The fourth-order valence-electron chi connectivity index (χ4n) is 2.00. The molecule has 0 atom stereocenters. The van der Waals surface area contributed by atoms with Crippen LogP contribution < -0.4 is 4.74 Å². The summed E-state index contributed by atoms with van der Waals surface area (Å²) in [6, 6.07) is 13.3.